The third-order valence-electron chi connectivity index (χ3n) is 5.29. The zero-order valence-electron chi connectivity index (χ0n) is 15.6. The molecule has 0 saturated carbocycles. The van der Waals surface area contributed by atoms with E-state index >= 15 is 0 Å². The molecule has 3 heterocycles. The Labute approximate surface area is 163 Å². The molecule has 0 atom stereocenters. The van der Waals surface area contributed by atoms with E-state index in [-0.39, 0.29) is 11.6 Å². The molecule has 7 heteroatoms. The predicted molar refractivity (Wildman–Crippen MR) is 107 cm³/mol. The van der Waals surface area contributed by atoms with Gasteiger partial charge in [-0.1, -0.05) is 0 Å². The topological polar surface area (TPSA) is 31.7 Å². The highest BCUT2D eigenvalue weighted by Crippen LogP contribution is 2.32. The largest absolute Gasteiger partial charge is 0.369 e. The quantitative estimate of drug-likeness (QED) is 0.736. The van der Waals surface area contributed by atoms with Gasteiger partial charge in [0.25, 0.3) is 0 Å². The lowest BCUT2D eigenvalue weighted by molar-refractivity contribution is 0.0952. The van der Waals surface area contributed by atoms with Crippen LogP contribution in [0.2, 0.25) is 0 Å². The van der Waals surface area contributed by atoms with E-state index in [1.165, 1.54) is 12.1 Å². The first kappa shape index (κ1) is 18.5. The maximum atomic E-state index is 13.1. The van der Waals surface area contributed by atoms with Crippen molar-refractivity contribution < 1.29 is 9.18 Å². The molecule has 0 amide bonds. The second kappa shape index (κ2) is 8.04. The second-order valence-electron chi connectivity index (χ2n) is 7.18. The van der Waals surface area contributed by atoms with Gasteiger partial charge >= 0.3 is 0 Å². The van der Waals surface area contributed by atoms with Crippen LogP contribution >= 0.6 is 11.9 Å². The Morgan fingerprint density at radius 3 is 2.52 bits per heavy atom. The fourth-order valence-corrected chi connectivity index (χ4v) is 4.94. The molecule has 2 aromatic rings. The molecule has 144 valence electrons. The number of anilines is 1. The lowest BCUT2D eigenvalue weighted by atomic mass is 10.2. The molecule has 4 rings (SSSR count). The zero-order chi connectivity index (χ0) is 18.8. The van der Waals surface area contributed by atoms with Gasteiger partial charge < -0.3 is 9.47 Å². The minimum atomic E-state index is -0.186. The van der Waals surface area contributed by atoms with Gasteiger partial charge in [-0.05, 0) is 55.2 Å². The monoisotopic (exact) mass is 388 g/mol. The number of carbonyl (C=O) groups is 1. The normalized spacial score (nSPS) is 18.7. The minimum Gasteiger partial charge on any atom is -0.369 e. The number of aryl methyl sites for hydroxylation is 1. The molecule has 0 radical (unpaired) electrons. The summed E-state index contributed by atoms with van der Waals surface area (Å²) in [7, 11) is 1.93. The van der Waals surface area contributed by atoms with Crippen molar-refractivity contribution >= 4 is 23.4 Å². The standard InChI is InChI=1S/C20H25FN4OS/c1-22-10-7-19-20(22)18(26)15-25(27-19)9-2-8-23-11-13-24(14-12-23)17-5-3-16(21)4-6-17/h3-7,10H,2,8-9,11-15H2,1H3. The molecule has 0 bridgehead atoms. The van der Waals surface area contributed by atoms with Crippen LogP contribution < -0.4 is 4.90 Å². The van der Waals surface area contributed by atoms with Crippen LogP contribution in [0.25, 0.3) is 0 Å². The molecule has 0 aliphatic carbocycles. The maximum Gasteiger partial charge on any atom is 0.195 e. The van der Waals surface area contributed by atoms with Crippen molar-refractivity contribution in [2.45, 2.75) is 11.3 Å². The molecule has 0 N–H and O–H groups in total. The first-order chi connectivity index (χ1) is 13.1. The summed E-state index contributed by atoms with van der Waals surface area (Å²) in [6.07, 6.45) is 3.01. The summed E-state index contributed by atoms with van der Waals surface area (Å²) in [6, 6.07) is 8.79. The van der Waals surface area contributed by atoms with Gasteiger partial charge in [0.1, 0.15) is 11.5 Å². The fourth-order valence-electron chi connectivity index (χ4n) is 3.80. The fraction of sp³-hybridized carbons (Fsp3) is 0.450. The van der Waals surface area contributed by atoms with Crippen LogP contribution in [0.15, 0.2) is 41.4 Å². The Hall–Kier alpha value is -1.83. The van der Waals surface area contributed by atoms with E-state index in [0.29, 0.717) is 6.54 Å². The number of Topliss-reactive ketones (excluding diaryl/α,β-unsaturated/α-hetero) is 1. The molecule has 5 nitrogen and oxygen atoms in total. The number of benzene rings is 1. The number of fused-ring (bicyclic) bond motifs is 1. The molecule has 1 saturated heterocycles. The highest BCUT2D eigenvalue weighted by atomic mass is 32.2. The number of rotatable bonds is 5. The van der Waals surface area contributed by atoms with Gasteiger partial charge in [-0.2, -0.15) is 0 Å². The summed E-state index contributed by atoms with van der Waals surface area (Å²) in [5.74, 6) is 0.0261. The number of aromatic nitrogens is 1. The van der Waals surface area contributed by atoms with Crippen LogP contribution in [-0.2, 0) is 7.05 Å². The van der Waals surface area contributed by atoms with E-state index in [0.717, 1.165) is 62.0 Å². The third-order valence-corrected chi connectivity index (χ3v) is 6.39. The number of ketones is 1. The van der Waals surface area contributed by atoms with Crippen molar-refractivity contribution in [3.8, 4) is 0 Å². The Morgan fingerprint density at radius 1 is 1.04 bits per heavy atom. The lowest BCUT2D eigenvalue weighted by Gasteiger charge is -2.36. The number of nitrogens with zero attached hydrogens (tertiary/aromatic N) is 4. The third kappa shape index (κ3) is 4.20. The van der Waals surface area contributed by atoms with Gasteiger partial charge in [-0.25, -0.2) is 8.70 Å². The van der Waals surface area contributed by atoms with Crippen LogP contribution in [0.4, 0.5) is 10.1 Å². The Kier molecular flexibility index (Phi) is 5.52. The summed E-state index contributed by atoms with van der Waals surface area (Å²) < 4.78 is 17.2. The van der Waals surface area contributed by atoms with E-state index in [4.69, 9.17) is 0 Å². The van der Waals surface area contributed by atoms with Crippen LogP contribution in [0.5, 0.6) is 0 Å². The molecule has 1 aromatic carbocycles. The van der Waals surface area contributed by atoms with E-state index in [1.54, 1.807) is 11.9 Å². The number of piperazine rings is 1. The van der Waals surface area contributed by atoms with Gasteiger partial charge in [0.15, 0.2) is 5.78 Å². The first-order valence-corrected chi connectivity index (χ1v) is 10.2. The molecule has 1 aromatic heterocycles. The average Bonchev–Trinajstić information content (AvgIpc) is 3.04. The molecular weight excluding hydrogens is 363 g/mol. The summed E-state index contributed by atoms with van der Waals surface area (Å²) in [6.45, 7) is 6.44. The number of hydrogen-bond donors (Lipinski definition) is 0. The van der Waals surface area contributed by atoms with E-state index in [9.17, 15) is 9.18 Å². The van der Waals surface area contributed by atoms with Crippen molar-refractivity contribution in [3.63, 3.8) is 0 Å². The van der Waals surface area contributed by atoms with Crippen molar-refractivity contribution in [2.75, 3.05) is 50.7 Å². The number of hydrogen-bond acceptors (Lipinski definition) is 5. The Balaban J connectivity index is 1.21. The van der Waals surface area contributed by atoms with Crippen molar-refractivity contribution in [2.24, 2.45) is 7.05 Å². The van der Waals surface area contributed by atoms with Crippen molar-refractivity contribution in [1.29, 1.82) is 0 Å². The maximum absolute atomic E-state index is 13.1. The highest BCUT2D eigenvalue weighted by molar-refractivity contribution is 7.97. The molecule has 0 unspecified atom stereocenters. The number of halogens is 1. The van der Waals surface area contributed by atoms with Crippen LogP contribution in [0.1, 0.15) is 16.9 Å². The van der Waals surface area contributed by atoms with Crippen LogP contribution in [0.3, 0.4) is 0 Å². The highest BCUT2D eigenvalue weighted by Gasteiger charge is 2.26. The van der Waals surface area contributed by atoms with Crippen LogP contribution in [-0.4, -0.2) is 65.4 Å². The Bertz CT molecular complexity index is 799. The van der Waals surface area contributed by atoms with Crippen LogP contribution in [0, 0.1) is 5.82 Å². The Morgan fingerprint density at radius 2 is 1.78 bits per heavy atom. The average molecular weight is 389 g/mol. The molecule has 0 spiro atoms. The summed E-state index contributed by atoms with van der Waals surface area (Å²) in [5.41, 5.74) is 1.94. The first-order valence-electron chi connectivity index (χ1n) is 9.44. The summed E-state index contributed by atoms with van der Waals surface area (Å²) in [4.78, 5) is 18.2. The van der Waals surface area contributed by atoms with E-state index in [1.807, 2.05) is 36.0 Å². The molecule has 27 heavy (non-hydrogen) atoms. The van der Waals surface area contributed by atoms with Gasteiger partial charge in [0.05, 0.1) is 11.4 Å². The smallest absolute Gasteiger partial charge is 0.195 e. The van der Waals surface area contributed by atoms with Gasteiger partial charge in [0.2, 0.25) is 0 Å². The zero-order valence-corrected chi connectivity index (χ0v) is 16.4. The second-order valence-corrected chi connectivity index (χ2v) is 8.31. The van der Waals surface area contributed by atoms with Gasteiger partial charge in [0, 0.05) is 51.7 Å². The van der Waals surface area contributed by atoms with Gasteiger partial charge in [-0.15, -0.1) is 0 Å². The lowest BCUT2D eigenvalue weighted by Crippen LogP contribution is -2.47. The number of carbonyl (C=O) groups excluding carboxylic acids is 1. The minimum absolute atomic E-state index is 0.186. The predicted octanol–water partition coefficient (Wildman–Crippen LogP) is 2.88. The molecular formula is C20H25FN4OS. The molecule has 1 fully saturated rings. The summed E-state index contributed by atoms with van der Waals surface area (Å²) >= 11 is 1.70. The van der Waals surface area contributed by atoms with Crippen molar-refractivity contribution in [1.82, 2.24) is 13.8 Å². The SMILES string of the molecule is Cn1ccc2c1C(=O)CN(CCCN1CCN(c3ccc(F)cc3)CC1)S2. The van der Waals surface area contributed by atoms with E-state index in [2.05, 4.69) is 14.1 Å². The van der Waals surface area contributed by atoms with Crippen molar-refractivity contribution in [3.05, 3.63) is 48.0 Å². The van der Waals surface area contributed by atoms with Gasteiger partial charge in [-0.3, -0.25) is 9.69 Å². The molecule has 2 aliphatic heterocycles. The molecule has 2 aliphatic rings. The van der Waals surface area contributed by atoms with E-state index < -0.39 is 0 Å². The summed E-state index contributed by atoms with van der Waals surface area (Å²) in [5, 5.41) is 0.